The first-order chi connectivity index (χ1) is 9.34. The molecule has 0 saturated carbocycles. The van der Waals surface area contributed by atoms with Crippen molar-refractivity contribution in [3.8, 4) is 0 Å². The highest BCUT2D eigenvalue weighted by Gasteiger charge is 2.15. The van der Waals surface area contributed by atoms with Crippen LogP contribution in [0.5, 0.6) is 0 Å². The molecule has 2 heteroatoms. The van der Waals surface area contributed by atoms with E-state index in [0.717, 1.165) is 19.0 Å². The van der Waals surface area contributed by atoms with Gasteiger partial charge in [-0.15, -0.1) is 0 Å². The zero-order valence-electron chi connectivity index (χ0n) is 12.0. The van der Waals surface area contributed by atoms with Crippen LogP contribution in [-0.2, 0) is 0 Å². The molecule has 1 heterocycles. The topological polar surface area (TPSA) is 15.3 Å². The fourth-order valence-corrected chi connectivity index (χ4v) is 2.60. The van der Waals surface area contributed by atoms with Gasteiger partial charge in [-0.1, -0.05) is 42.5 Å². The van der Waals surface area contributed by atoms with E-state index in [1.54, 1.807) is 0 Å². The quantitative estimate of drug-likeness (QED) is 0.789. The summed E-state index contributed by atoms with van der Waals surface area (Å²) in [6, 6.07) is 10.5. The Kier molecular flexibility index (Phi) is 6.12. The minimum atomic E-state index is 0.932. The van der Waals surface area contributed by atoms with Crippen LogP contribution in [0, 0.1) is 5.92 Å². The van der Waals surface area contributed by atoms with Crippen molar-refractivity contribution in [2.24, 2.45) is 5.92 Å². The van der Waals surface area contributed by atoms with Crippen molar-refractivity contribution in [2.45, 2.75) is 19.3 Å². The van der Waals surface area contributed by atoms with Crippen LogP contribution in [0.15, 0.2) is 36.4 Å². The summed E-state index contributed by atoms with van der Waals surface area (Å²) in [7, 11) is 2.23. The Bertz CT molecular complexity index is 364. The maximum absolute atomic E-state index is 3.51. The lowest BCUT2D eigenvalue weighted by Gasteiger charge is -2.28. The second-order valence-corrected chi connectivity index (χ2v) is 5.55. The Morgan fingerprint density at radius 1 is 1.21 bits per heavy atom. The van der Waals surface area contributed by atoms with Crippen molar-refractivity contribution in [1.29, 1.82) is 0 Å². The third-order valence-corrected chi connectivity index (χ3v) is 3.94. The predicted octanol–water partition coefficient (Wildman–Crippen LogP) is 3.02. The first-order valence-corrected chi connectivity index (χ1v) is 7.45. The molecule has 1 aromatic carbocycles. The summed E-state index contributed by atoms with van der Waals surface area (Å²) < 4.78 is 0. The third-order valence-electron chi connectivity index (χ3n) is 3.94. The largest absolute Gasteiger partial charge is 0.313 e. The number of piperidine rings is 1. The number of likely N-dealkylation sites (tertiary alicyclic amines) is 1. The molecule has 1 aliphatic rings. The second-order valence-electron chi connectivity index (χ2n) is 5.55. The van der Waals surface area contributed by atoms with Crippen molar-refractivity contribution in [2.75, 3.05) is 33.2 Å². The Hall–Kier alpha value is -1.12. The number of nitrogens with one attached hydrogen (secondary N) is 1. The highest BCUT2D eigenvalue weighted by Crippen LogP contribution is 2.18. The van der Waals surface area contributed by atoms with Gasteiger partial charge in [-0.3, -0.25) is 0 Å². The Balaban J connectivity index is 1.54. The van der Waals surface area contributed by atoms with Crippen LogP contribution in [0.4, 0.5) is 0 Å². The molecule has 0 unspecified atom stereocenters. The maximum atomic E-state index is 3.51. The van der Waals surface area contributed by atoms with Gasteiger partial charge in [-0.25, -0.2) is 0 Å². The average molecular weight is 258 g/mol. The molecule has 0 amide bonds. The molecule has 0 atom stereocenters. The van der Waals surface area contributed by atoms with Gasteiger partial charge in [0.2, 0.25) is 0 Å². The number of benzene rings is 1. The minimum Gasteiger partial charge on any atom is -0.313 e. The molecule has 0 bridgehead atoms. The van der Waals surface area contributed by atoms with Crippen molar-refractivity contribution < 1.29 is 0 Å². The lowest BCUT2D eigenvalue weighted by molar-refractivity contribution is 0.212. The van der Waals surface area contributed by atoms with Crippen LogP contribution < -0.4 is 5.32 Å². The van der Waals surface area contributed by atoms with Crippen LogP contribution in [-0.4, -0.2) is 38.1 Å². The standard InChI is InChI=1S/C17H26N2/c1-19-14-10-17(11-15-19)9-13-18-12-5-8-16-6-3-2-4-7-16/h2-8,17-18H,9-15H2,1H3/b8-5+. The molecule has 2 rings (SSSR count). The van der Waals surface area contributed by atoms with E-state index < -0.39 is 0 Å². The summed E-state index contributed by atoms with van der Waals surface area (Å²) in [5, 5.41) is 3.51. The van der Waals surface area contributed by atoms with Crippen molar-refractivity contribution in [3.05, 3.63) is 42.0 Å². The zero-order valence-corrected chi connectivity index (χ0v) is 12.0. The number of nitrogens with zero attached hydrogens (tertiary/aromatic N) is 1. The summed E-state index contributed by atoms with van der Waals surface area (Å²) in [6.45, 7) is 4.67. The Morgan fingerprint density at radius 2 is 1.95 bits per heavy atom. The van der Waals surface area contributed by atoms with Crippen LogP contribution in [0.3, 0.4) is 0 Å². The fourth-order valence-electron chi connectivity index (χ4n) is 2.60. The van der Waals surface area contributed by atoms with Crippen molar-refractivity contribution >= 4 is 6.08 Å². The first kappa shape index (κ1) is 14.3. The summed E-state index contributed by atoms with van der Waals surface area (Å²) in [6.07, 6.45) is 8.47. The molecule has 0 spiro atoms. The molecule has 19 heavy (non-hydrogen) atoms. The van der Waals surface area contributed by atoms with Gasteiger partial charge in [-0.2, -0.15) is 0 Å². The van der Waals surface area contributed by atoms with Crippen LogP contribution in [0.2, 0.25) is 0 Å². The second kappa shape index (κ2) is 8.13. The van der Waals surface area contributed by atoms with Gasteiger partial charge in [-0.05, 0) is 57.4 Å². The predicted molar refractivity (Wildman–Crippen MR) is 83.2 cm³/mol. The zero-order chi connectivity index (χ0) is 13.3. The summed E-state index contributed by atoms with van der Waals surface area (Å²) >= 11 is 0. The van der Waals surface area contributed by atoms with Crippen LogP contribution >= 0.6 is 0 Å². The summed E-state index contributed by atoms with van der Waals surface area (Å²) in [5.74, 6) is 0.932. The minimum absolute atomic E-state index is 0.932. The molecule has 1 fully saturated rings. The third kappa shape index (κ3) is 5.58. The highest BCUT2D eigenvalue weighted by atomic mass is 15.1. The number of hydrogen-bond acceptors (Lipinski definition) is 2. The molecule has 1 aliphatic heterocycles. The molecule has 2 nitrogen and oxygen atoms in total. The average Bonchev–Trinajstić information content (AvgIpc) is 2.46. The molecule has 0 aliphatic carbocycles. The van der Waals surface area contributed by atoms with Gasteiger partial charge in [0, 0.05) is 6.54 Å². The van der Waals surface area contributed by atoms with Crippen molar-refractivity contribution in [3.63, 3.8) is 0 Å². The van der Waals surface area contributed by atoms with E-state index >= 15 is 0 Å². The lowest BCUT2D eigenvalue weighted by Crippen LogP contribution is -2.31. The van der Waals surface area contributed by atoms with E-state index in [4.69, 9.17) is 0 Å². The van der Waals surface area contributed by atoms with E-state index in [0.29, 0.717) is 0 Å². The molecule has 1 aromatic rings. The summed E-state index contributed by atoms with van der Waals surface area (Å²) in [5.41, 5.74) is 1.28. The van der Waals surface area contributed by atoms with Crippen LogP contribution in [0.25, 0.3) is 6.08 Å². The lowest BCUT2D eigenvalue weighted by atomic mass is 9.94. The maximum Gasteiger partial charge on any atom is 0.0138 e. The normalized spacial score (nSPS) is 18.2. The Labute approximate surface area is 117 Å². The van der Waals surface area contributed by atoms with Crippen molar-refractivity contribution in [1.82, 2.24) is 10.2 Å². The fraction of sp³-hybridized carbons (Fsp3) is 0.529. The van der Waals surface area contributed by atoms with Gasteiger partial charge in [0.15, 0.2) is 0 Å². The monoisotopic (exact) mass is 258 g/mol. The number of rotatable bonds is 6. The first-order valence-electron chi connectivity index (χ1n) is 7.45. The smallest absolute Gasteiger partial charge is 0.0138 e. The van der Waals surface area contributed by atoms with Gasteiger partial charge in [0.25, 0.3) is 0 Å². The molecular formula is C17H26N2. The molecular weight excluding hydrogens is 232 g/mol. The molecule has 104 valence electrons. The molecule has 0 radical (unpaired) electrons. The van der Waals surface area contributed by atoms with Crippen LogP contribution in [0.1, 0.15) is 24.8 Å². The Morgan fingerprint density at radius 3 is 2.68 bits per heavy atom. The van der Waals surface area contributed by atoms with E-state index in [-0.39, 0.29) is 0 Å². The SMILES string of the molecule is CN1CCC(CCNC/C=C/c2ccccc2)CC1. The number of hydrogen-bond donors (Lipinski definition) is 1. The molecule has 0 aromatic heterocycles. The van der Waals surface area contributed by atoms with E-state index in [1.165, 1.54) is 37.9 Å². The van der Waals surface area contributed by atoms with Gasteiger partial charge >= 0.3 is 0 Å². The molecule has 1 saturated heterocycles. The van der Waals surface area contributed by atoms with Gasteiger partial charge in [0.1, 0.15) is 0 Å². The molecule has 1 N–H and O–H groups in total. The van der Waals surface area contributed by atoms with Gasteiger partial charge < -0.3 is 10.2 Å². The van der Waals surface area contributed by atoms with Gasteiger partial charge in [0.05, 0.1) is 0 Å². The summed E-state index contributed by atoms with van der Waals surface area (Å²) in [4.78, 5) is 2.44. The van der Waals surface area contributed by atoms with E-state index in [2.05, 4.69) is 59.7 Å². The highest BCUT2D eigenvalue weighted by molar-refractivity contribution is 5.48. The van der Waals surface area contributed by atoms with E-state index in [9.17, 15) is 0 Å². The van der Waals surface area contributed by atoms with E-state index in [1.807, 2.05) is 0 Å².